The normalized spacial score (nSPS) is 37.7. The molecule has 4 bridgehead atoms. The highest BCUT2D eigenvalue weighted by atomic mass is 28.4. The molecule has 6 nitrogen and oxygen atoms in total. The van der Waals surface area contributed by atoms with E-state index in [0.717, 1.165) is 5.57 Å². The topological polar surface area (TPSA) is 103 Å². The van der Waals surface area contributed by atoms with E-state index in [1.54, 1.807) is 0 Å². The molecule has 0 radical (unpaired) electrons. The van der Waals surface area contributed by atoms with Crippen LogP contribution < -0.4 is 0 Å². The number of hydrogen-bond donors (Lipinski definition) is 1. The first-order chi connectivity index (χ1) is 13.7. The van der Waals surface area contributed by atoms with E-state index in [1.165, 1.54) is 7.11 Å². The Kier molecular flexibility index (Phi) is 5.01. The van der Waals surface area contributed by atoms with Crippen molar-refractivity contribution in [1.82, 2.24) is 0 Å². The number of esters is 1. The maximum absolute atomic E-state index is 13.4. The molecule has 1 N–H and O–H groups in total. The van der Waals surface area contributed by atoms with Gasteiger partial charge in [-0.15, -0.1) is 0 Å². The standard InChI is InChI=1S/C23H34N2O4Si/c1-14(2)17-18(29-30(7,8)20(3,4)5)15-11-21(12-24)16(26)9-10-22(15,19(27)28-6)23(17,21)13-25/h14-16,26H,9-11H2,1-8H3. The molecule has 0 aromatic heterocycles. The smallest absolute Gasteiger partial charge is 0.314 e. The number of carbonyl (C=O) groups excluding carboxylic acids is 1. The summed E-state index contributed by atoms with van der Waals surface area (Å²) in [5.74, 6) is -0.307. The Morgan fingerprint density at radius 2 is 1.87 bits per heavy atom. The molecule has 3 aliphatic carbocycles. The van der Waals surface area contributed by atoms with Crippen LogP contribution in [0.2, 0.25) is 18.1 Å². The van der Waals surface area contributed by atoms with E-state index < -0.39 is 42.6 Å². The van der Waals surface area contributed by atoms with Crippen LogP contribution in [0.15, 0.2) is 11.3 Å². The zero-order valence-corrected chi connectivity index (χ0v) is 20.4. The van der Waals surface area contributed by atoms with Crippen molar-refractivity contribution in [1.29, 1.82) is 10.5 Å². The van der Waals surface area contributed by atoms with Crippen molar-refractivity contribution in [2.75, 3.05) is 7.11 Å². The summed E-state index contributed by atoms with van der Waals surface area (Å²) < 4.78 is 12.1. The van der Waals surface area contributed by atoms with Gasteiger partial charge in [0.2, 0.25) is 8.32 Å². The summed E-state index contributed by atoms with van der Waals surface area (Å²) in [6, 6.07) is 4.75. The first-order valence-electron chi connectivity index (χ1n) is 10.8. The minimum Gasteiger partial charge on any atom is -0.546 e. The number of hydrogen-bond acceptors (Lipinski definition) is 6. The van der Waals surface area contributed by atoms with Gasteiger partial charge in [0.05, 0.1) is 31.1 Å². The first-order valence-corrected chi connectivity index (χ1v) is 13.7. The lowest BCUT2D eigenvalue weighted by Gasteiger charge is -2.51. The second-order valence-corrected chi connectivity index (χ2v) is 15.7. The zero-order chi connectivity index (χ0) is 22.9. The largest absolute Gasteiger partial charge is 0.546 e. The summed E-state index contributed by atoms with van der Waals surface area (Å²) in [6.07, 6.45) is -0.120. The molecule has 2 saturated carbocycles. The van der Waals surface area contributed by atoms with Crippen molar-refractivity contribution in [3.8, 4) is 12.1 Å². The average molecular weight is 431 g/mol. The second-order valence-electron chi connectivity index (χ2n) is 11.0. The van der Waals surface area contributed by atoms with Gasteiger partial charge in [0.15, 0.2) is 0 Å². The van der Waals surface area contributed by atoms with Gasteiger partial charge < -0.3 is 14.3 Å². The van der Waals surface area contributed by atoms with Crippen molar-refractivity contribution >= 4 is 14.3 Å². The molecule has 3 rings (SSSR count). The minimum absolute atomic E-state index is 0.0658. The van der Waals surface area contributed by atoms with Crippen molar-refractivity contribution < 1.29 is 19.1 Å². The zero-order valence-electron chi connectivity index (χ0n) is 19.4. The summed E-state index contributed by atoms with van der Waals surface area (Å²) in [4.78, 5) is 13.4. The van der Waals surface area contributed by atoms with Crippen LogP contribution in [-0.4, -0.2) is 32.6 Å². The molecule has 0 amide bonds. The molecule has 0 spiro atoms. The Morgan fingerprint density at radius 3 is 2.30 bits per heavy atom. The quantitative estimate of drug-likeness (QED) is 0.527. The second kappa shape index (κ2) is 6.58. The summed E-state index contributed by atoms with van der Waals surface area (Å²) in [5.41, 5.74) is -3.26. The number of rotatable bonds is 4. The molecule has 7 heteroatoms. The van der Waals surface area contributed by atoms with E-state index in [-0.39, 0.29) is 17.4 Å². The molecular weight excluding hydrogens is 396 g/mol. The predicted octanol–water partition coefficient (Wildman–Crippen LogP) is 4.29. The van der Waals surface area contributed by atoms with E-state index in [9.17, 15) is 20.4 Å². The van der Waals surface area contributed by atoms with E-state index in [1.807, 2.05) is 13.8 Å². The number of aliphatic hydroxyl groups is 1. The molecule has 0 aliphatic heterocycles. The highest BCUT2D eigenvalue weighted by Gasteiger charge is 2.86. The fraction of sp³-hybridized carbons (Fsp3) is 0.783. The number of allylic oxidation sites excluding steroid dienone is 2. The van der Waals surface area contributed by atoms with Crippen LogP contribution in [0.4, 0.5) is 0 Å². The van der Waals surface area contributed by atoms with Crippen molar-refractivity contribution in [3.63, 3.8) is 0 Å². The van der Waals surface area contributed by atoms with Gasteiger partial charge in [-0.25, -0.2) is 0 Å². The molecule has 5 unspecified atom stereocenters. The third kappa shape index (κ3) is 2.28. The maximum Gasteiger partial charge on any atom is 0.314 e. The van der Waals surface area contributed by atoms with E-state index in [0.29, 0.717) is 18.6 Å². The number of nitrogens with zero attached hydrogens (tertiary/aromatic N) is 2. The number of nitriles is 2. The van der Waals surface area contributed by atoms with E-state index in [2.05, 4.69) is 46.0 Å². The van der Waals surface area contributed by atoms with Gasteiger partial charge in [0.1, 0.15) is 16.2 Å². The highest BCUT2D eigenvalue weighted by molar-refractivity contribution is 6.74. The minimum atomic E-state index is -2.28. The SMILES string of the molecule is COC(=O)C12CCC(O)C3(C#N)CC1C(O[Si](C)(C)C(C)(C)C)=C(C(C)C)C32C#N. The Labute approximate surface area is 181 Å². The Bertz CT molecular complexity index is 890. The summed E-state index contributed by atoms with van der Waals surface area (Å²) >= 11 is 0. The molecule has 0 saturated heterocycles. The van der Waals surface area contributed by atoms with Gasteiger partial charge >= 0.3 is 5.97 Å². The molecule has 3 aliphatic rings. The first kappa shape index (κ1) is 22.8. The molecular formula is C23H34N2O4Si. The number of aliphatic hydroxyl groups excluding tert-OH is 1. The Balaban J connectivity index is 2.38. The van der Waals surface area contributed by atoms with E-state index >= 15 is 0 Å². The van der Waals surface area contributed by atoms with Crippen LogP contribution in [0.1, 0.15) is 53.9 Å². The third-order valence-electron chi connectivity index (χ3n) is 8.49. The van der Waals surface area contributed by atoms with Gasteiger partial charge in [-0.3, -0.25) is 4.79 Å². The summed E-state index contributed by atoms with van der Waals surface area (Å²) in [6.45, 7) is 14.7. The van der Waals surface area contributed by atoms with Crippen molar-refractivity contribution in [2.45, 2.75) is 78.1 Å². The molecule has 0 heterocycles. The predicted molar refractivity (Wildman–Crippen MR) is 114 cm³/mol. The van der Waals surface area contributed by atoms with Gasteiger partial charge in [0.25, 0.3) is 0 Å². The molecule has 30 heavy (non-hydrogen) atoms. The maximum atomic E-state index is 13.4. The third-order valence-corrected chi connectivity index (χ3v) is 12.8. The van der Waals surface area contributed by atoms with Crippen LogP contribution in [0.5, 0.6) is 0 Å². The van der Waals surface area contributed by atoms with Gasteiger partial charge in [-0.1, -0.05) is 34.6 Å². The average Bonchev–Trinajstić information content (AvgIpc) is 2.99. The number of ether oxygens (including phenoxy) is 1. The van der Waals surface area contributed by atoms with Gasteiger partial charge in [-0.05, 0) is 48.9 Å². The number of carbonyl (C=O) groups is 1. The van der Waals surface area contributed by atoms with E-state index in [4.69, 9.17) is 9.16 Å². The molecule has 0 aromatic carbocycles. The van der Waals surface area contributed by atoms with Gasteiger partial charge in [0, 0.05) is 5.92 Å². The summed E-state index contributed by atoms with van der Waals surface area (Å²) in [5, 5.41) is 31.9. The van der Waals surface area contributed by atoms with Crippen LogP contribution in [0.3, 0.4) is 0 Å². The van der Waals surface area contributed by atoms with Crippen molar-refractivity contribution in [3.05, 3.63) is 11.3 Å². The lowest BCUT2D eigenvalue weighted by molar-refractivity contribution is -0.166. The highest BCUT2D eigenvalue weighted by Crippen LogP contribution is 2.81. The monoisotopic (exact) mass is 430 g/mol. The number of methoxy groups -OCH3 is 1. The Hall–Kier alpha value is -1.83. The molecule has 164 valence electrons. The van der Waals surface area contributed by atoms with Crippen LogP contribution in [0.25, 0.3) is 0 Å². The molecule has 2 fully saturated rings. The summed E-state index contributed by atoms with van der Waals surface area (Å²) in [7, 11) is -0.943. The van der Waals surface area contributed by atoms with Gasteiger partial charge in [-0.2, -0.15) is 10.5 Å². The van der Waals surface area contributed by atoms with Crippen LogP contribution in [0, 0.1) is 50.7 Å². The molecule has 5 atom stereocenters. The fourth-order valence-electron chi connectivity index (χ4n) is 6.15. The fourth-order valence-corrected chi connectivity index (χ4v) is 7.26. The lowest BCUT2D eigenvalue weighted by Crippen LogP contribution is -2.59. The Morgan fingerprint density at radius 1 is 1.27 bits per heavy atom. The van der Waals surface area contributed by atoms with Crippen LogP contribution >= 0.6 is 0 Å². The lowest BCUT2D eigenvalue weighted by atomic mass is 9.47. The van der Waals surface area contributed by atoms with Crippen LogP contribution in [-0.2, 0) is 14.0 Å². The molecule has 0 aromatic rings. The van der Waals surface area contributed by atoms with Crippen molar-refractivity contribution in [2.24, 2.45) is 28.1 Å².